The van der Waals surface area contributed by atoms with E-state index in [4.69, 9.17) is 0 Å². The van der Waals surface area contributed by atoms with Crippen LogP contribution in [0.2, 0.25) is 0 Å². The van der Waals surface area contributed by atoms with Gasteiger partial charge in [0.15, 0.2) is 0 Å². The van der Waals surface area contributed by atoms with E-state index in [2.05, 4.69) is 30.3 Å². The minimum atomic E-state index is 0.147. The molecule has 0 bridgehead atoms. The number of aromatic nitrogens is 5. The van der Waals surface area contributed by atoms with Crippen LogP contribution in [0.25, 0.3) is 22.4 Å². The second kappa shape index (κ2) is 5.68. The summed E-state index contributed by atoms with van der Waals surface area (Å²) in [7, 11) is 0. The van der Waals surface area contributed by atoms with Gasteiger partial charge in [0.2, 0.25) is 5.95 Å². The third-order valence-electron chi connectivity index (χ3n) is 4.04. The lowest BCUT2D eigenvalue weighted by Gasteiger charge is -2.14. The number of rotatable bonds is 3. The SMILES string of the molecule is Oc1cc(-c2cn[nH]c2)ccc1-c1cnc(N2CCCC2)nn1. The van der Waals surface area contributed by atoms with Crippen LogP contribution in [-0.4, -0.2) is 43.6 Å². The second-order valence-electron chi connectivity index (χ2n) is 5.56. The highest BCUT2D eigenvalue weighted by molar-refractivity contribution is 5.73. The molecule has 0 unspecified atom stereocenters. The number of anilines is 1. The number of nitrogens with one attached hydrogen (secondary N) is 1. The van der Waals surface area contributed by atoms with Crippen molar-refractivity contribution in [2.24, 2.45) is 0 Å². The number of H-pyrrole nitrogens is 1. The van der Waals surface area contributed by atoms with E-state index in [-0.39, 0.29) is 5.75 Å². The Morgan fingerprint density at radius 1 is 1.04 bits per heavy atom. The molecule has 1 fully saturated rings. The van der Waals surface area contributed by atoms with Crippen LogP contribution < -0.4 is 4.90 Å². The lowest BCUT2D eigenvalue weighted by atomic mass is 10.0. The number of benzene rings is 1. The molecule has 1 aliphatic heterocycles. The van der Waals surface area contributed by atoms with E-state index in [0.717, 1.165) is 24.2 Å². The highest BCUT2D eigenvalue weighted by Crippen LogP contribution is 2.31. The molecule has 4 rings (SSSR count). The Bertz CT molecular complexity index is 794. The zero-order valence-electron chi connectivity index (χ0n) is 12.5. The lowest BCUT2D eigenvalue weighted by molar-refractivity contribution is 0.477. The first-order valence-corrected chi connectivity index (χ1v) is 7.58. The number of phenols is 1. The van der Waals surface area contributed by atoms with E-state index in [0.29, 0.717) is 17.2 Å². The Kier molecular flexibility index (Phi) is 3.38. The number of aromatic amines is 1. The molecule has 1 aromatic carbocycles. The van der Waals surface area contributed by atoms with E-state index in [1.807, 2.05) is 12.1 Å². The third-order valence-corrected chi connectivity index (χ3v) is 4.04. The van der Waals surface area contributed by atoms with Gasteiger partial charge in [-0.05, 0) is 30.5 Å². The predicted molar refractivity (Wildman–Crippen MR) is 86.0 cm³/mol. The molecule has 0 aliphatic carbocycles. The summed E-state index contributed by atoms with van der Waals surface area (Å²) in [4.78, 5) is 6.50. The Morgan fingerprint density at radius 2 is 1.91 bits per heavy atom. The maximum absolute atomic E-state index is 10.3. The van der Waals surface area contributed by atoms with Crippen molar-refractivity contribution >= 4 is 5.95 Å². The van der Waals surface area contributed by atoms with Crippen molar-refractivity contribution in [2.45, 2.75) is 12.8 Å². The van der Waals surface area contributed by atoms with E-state index < -0.39 is 0 Å². The van der Waals surface area contributed by atoms with Crippen molar-refractivity contribution in [3.63, 3.8) is 0 Å². The van der Waals surface area contributed by atoms with Crippen LogP contribution in [0.15, 0.2) is 36.8 Å². The maximum Gasteiger partial charge on any atom is 0.245 e. The first-order valence-electron chi connectivity index (χ1n) is 7.58. The molecule has 0 radical (unpaired) electrons. The fourth-order valence-corrected chi connectivity index (χ4v) is 2.79. The minimum absolute atomic E-state index is 0.147. The van der Waals surface area contributed by atoms with Gasteiger partial charge in [-0.1, -0.05) is 6.07 Å². The van der Waals surface area contributed by atoms with Crippen LogP contribution >= 0.6 is 0 Å². The van der Waals surface area contributed by atoms with Gasteiger partial charge in [0.05, 0.1) is 12.4 Å². The monoisotopic (exact) mass is 308 g/mol. The normalized spacial score (nSPS) is 14.3. The molecular weight excluding hydrogens is 292 g/mol. The molecule has 0 spiro atoms. The van der Waals surface area contributed by atoms with Gasteiger partial charge in [-0.2, -0.15) is 5.10 Å². The zero-order chi connectivity index (χ0) is 15.6. The number of hydrogen-bond acceptors (Lipinski definition) is 6. The molecule has 2 N–H and O–H groups in total. The molecule has 1 aliphatic rings. The van der Waals surface area contributed by atoms with Gasteiger partial charge in [0.25, 0.3) is 0 Å². The van der Waals surface area contributed by atoms with E-state index in [9.17, 15) is 5.11 Å². The maximum atomic E-state index is 10.3. The third kappa shape index (κ3) is 2.61. The average molecular weight is 308 g/mol. The van der Waals surface area contributed by atoms with Gasteiger partial charge < -0.3 is 10.0 Å². The first-order chi connectivity index (χ1) is 11.3. The smallest absolute Gasteiger partial charge is 0.245 e. The summed E-state index contributed by atoms with van der Waals surface area (Å²) >= 11 is 0. The molecular formula is C16H16N6O. The molecule has 23 heavy (non-hydrogen) atoms. The Labute approximate surface area is 133 Å². The van der Waals surface area contributed by atoms with Gasteiger partial charge in [-0.25, -0.2) is 4.98 Å². The van der Waals surface area contributed by atoms with Crippen molar-refractivity contribution in [1.82, 2.24) is 25.4 Å². The molecule has 3 heterocycles. The minimum Gasteiger partial charge on any atom is -0.507 e. The van der Waals surface area contributed by atoms with E-state index >= 15 is 0 Å². The summed E-state index contributed by atoms with van der Waals surface area (Å²) < 4.78 is 0. The van der Waals surface area contributed by atoms with Gasteiger partial charge >= 0.3 is 0 Å². The van der Waals surface area contributed by atoms with E-state index in [1.54, 1.807) is 24.7 Å². The highest BCUT2D eigenvalue weighted by Gasteiger charge is 2.16. The predicted octanol–water partition coefficient (Wildman–Crippen LogP) is 2.23. The van der Waals surface area contributed by atoms with Crippen LogP contribution in [-0.2, 0) is 0 Å². The molecule has 0 atom stereocenters. The summed E-state index contributed by atoms with van der Waals surface area (Å²) in [6, 6.07) is 5.42. The summed E-state index contributed by atoms with van der Waals surface area (Å²) in [5.41, 5.74) is 2.98. The Hall–Kier alpha value is -2.96. The summed E-state index contributed by atoms with van der Waals surface area (Å²) in [6.07, 6.45) is 7.48. The Balaban J connectivity index is 1.62. The van der Waals surface area contributed by atoms with Crippen molar-refractivity contribution < 1.29 is 5.11 Å². The highest BCUT2D eigenvalue weighted by atomic mass is 16.3. The van der Waals surface area contributed by atoms with Crippen LogP contribution in [0.4, 0.5) is 5.95 Å². The van der Waals surface area contributed by atoms with Crippen molar-refractivity contribution in [3.8, 4) is 28.1 Å². The average Bonchev–Trinajstić information content (AvgIpc) is 3.29. The molecule has 2 aromatic heterocycles. The molecule has 7 heteroatoms. The van der Waals surface area contributed by atoms with Crippen molar-refractivity contribution in [1.29, 1.82) is 0 Å². The van der Waals surface area contributed by atoms with Gasteiger partial charge in [0.1, 0.15) is 11.4 Å². The zero-order valence-corrected chi connectivity index (χ0v) is 12.5. The van der Waals surface area contributed by atoms with Gasteiger partial charge in [-0.15, -0.1) is 10.2 Å². The first kappa shape index (κ1) is 13.7. The molecule has 0 saturated carbocycles. The lowest BCUT2D eigenvalue weighted by Crippen LogP contribution is -2.20. The fourth-order valence-electron chi connectivity index (χ4n) is 2.79. The van der Waals surface area contributed by atoms with Crippen LogP contribution in [0.3, 0.4) is 0 Å². The molecule has 116 valence electrons. The van der Waals surface area contributed by atoms with Crippen LogP contribution in [0.5, 0.6) is 5.75 Å². The molecule has 0 amide bonds. The summed E-state index contributed by atoms with van der Waals surface area (Å²) in [5.74, 6) is 0.800. The van der Waals surface area contributed by atoms with Gasteiger partial charge in [0, 0.05) is 30.4 Å². The fraction of sp³-hybridized carbons (Fsp3) is 0.250. The quantitative estimate of drug-likeness (QED) is 0.771. The molecule has 7 nitrogen and oxygen atoms in total. The second-order valence-corrected chi connectivity index (χ2v) is 5.56. The number of hydrogen-bond donors (Lipinski definition) is 2. The molecule has 1 saturated heterocycles. The van der Waals surface area contributed by atoms with Crippen molar-refractivity contribution in [3.05, 3.63) is 36.8 Å². The largest absolute Gasteiger partial charge is 0.507 e. The summed E-state index contributed by atoms with van der Waals surface area (Å²) in [6.45, 7) is 1.96. The number of nitrogens with zero attached hydrogens (tertiary/aromatic N) is 5. The van der Waals surface area contributed by atoms with Gasteiger partial charge in [-0.3, -0.25) is 5.10 Å². The topological polar surface area (TPSA) is 90.8 Å². The van der Waals surface area contributed by atoms with Crippen molar-refractivity contribution in [2.75, 3.05) is 18.0 Å². The Morgan fingerprint density at radius 3 is 2.57 bits per heavy atom. The van der Waals surface area contributed by atoms with Crippen LogP contribution in [0.1, 0.15) is 12.8 Å². The summed E-state index contributed by atoms with van der Waals surface area (Å²) in [5, 5.41) is 25.4. The van der Waals surface area contributed by atoms with Crippen LogP contribution in [0, 0.1) is 0 Å². The van der Waals surface area contributed by atoms with E-state index in [1.165, 1.54) is 12.8 Å². The standard InChI is InChI=1S/C16H16N6O/c23-15-7-11(12-8-18-19-9-12)3-4-13(15)14-10-17-16(21-20-14)22-5-1-2-6-22/h3-4,7-10,23H,1-2,5-6H2,(H,18,19). The number of phenolic OH excluding ortho intramolecular Hbond substituents is 1. The number of aromatic hydroxyl groups is 1. The molecule has 3 aromatic rings.